The molecule has 2 aromatic rings. The van der Waals surface area contributed by atoms with Crippen molar-refractivity contribution in [3.8, 4) is 11.5 Å². The van der Waals surface area contributed by atoms with E-state index in [1.807, 2.05) is 0 Å². The maximum Gasteiger partial charge on any atom is 0.338 e. The molecule has 0 spiro atoms. The minimum absolute atomic E-state index is 0.341. The smallest absolute Gasteiger partial charge is 0.338 e. The zero-order valence-electron chi connectivity index (χ0n) is 14.9. The van der Waals surface area contributed by atoms with Crippen LogP contribution >= 0.6 is 24.1 Å². The van der Waals surface area contributed by atoms with E-state index in [9.17, 15) is 9.59 Å². The maximum atomic E-state index is 11.5. The SMILES string of the molecule is C=C(C)C(=O)Oc1ccc(SOSc2ccc(OC(=O)C(=C)C)cc2)cc1. The molecule has 5 nitrogen and oxygen atoms in total. The van der Waals surface area contributed by atoms with Gasteiger partial charge in [0.25, 0.3) is 0 Å². The fraction of sp³-hybridized carbons (Fsp3) is 0.100. The monoisotopic (exact) mass is 402 g/mol. The molecule has 0 aliphatic carbocycles. The standard InChI is InChI=1S/C20H18O5S2/c1-13(2)19(21)23-15-5-9-17(10-6-15)26-25-27-18-11-7-16(8-12-18)24-20(22)14(3)4/h5-12H,1,3H2,2,4H3. The highest BCUT2D eigenvalue weighted by Crippen LogP contribution is 2.31. The molecule has 0 atom stereocenters. The number of hydrogen-bond donors (Lipinski definition) is 0. The van der Waals surface area contributed by atoms with E-state index in [1.165, 1.54) is 24.1 Å². The predicted molar refractivity (Wildman–Crippen MR) is 107 cm³/mol. The van der Waals surface area contributed by atoms with Crippen LogP contribution in [0.3, 0.4) is 0 Å². The summed E-state index contributed by atoms with van der Waals surface area (Å²) in [4.78, 5) is 24.6. The Morgan fingerprint density at radius 3 is 1.33 bits per heavy atom. The predicted octanol–water partition coefficient (Wildman–Crippen LogP) is 5.38. The third-order valence-electron chi connectivity index (χ3n) is 3.03. The molecule has 0 saturated heterocycles. The van der Waals surface area contributed by atoms with Gasteiger partial charge in [-0.05, 0) is 62.4 Å². The van der Waals surface area contributed by atoms with Crippen LogP contribution in [0.2, 0.25) is 0 Å². The summed E-state index contributed by atoms with van der Waals surface area (Å²) >= 11 is 2.35. The van der Waals surface area contributed by atoms with Gasteiger partial charge in [0.05, 0.1) is 0 Å². The topological polar surface area (TPSA) is 61.8 Å². The highest BCUT2D eigenvalue weighted by molar-refractivity contribution is 8.07. The van der Waals surface area contributed by atoms with Gasteiger partial charge in [-0.25, -0.2) is 13.2 Å². The van der Waals surface area contributed by atoms with Crippen LogP contribution in [-0.4, -0.2) is 11.9 Å². The first kappa shape index (κ1) is 20.8. The Labute approximate surface area is 166 Å². The second kappa shape index (κ2) is 10.0. The summed E-state index contributed by atoms with van der Waals surface area (Å²) in [7, 11) is 0. The van der Waals surface area contributed by atoms with Crippen LogP contribution in [0.1, 0.15) is 13.8 Å². The fourth-order valence-electron chi connectivity index (χ4n) is 1.61. The summed E-state index contributed by atoms with van der Waals surface area (Å²) in [5, 5.41) is 0. The van der Waals surface area contributed by atoms with Crippen LogP contribution in [0.5, 0.6) is 11.5 Å². The number of hydrogen-bond acceptors (Lipinski definition) is 7. The minimum atomic E-state index is -0.459. The highest BCUT2D eigenvalue weighted by Gasteiger charge is 2.07. The van der Waals surface area contributed by atoms with Crippen molar-refractivity contribution in [2.75, 3.05) is 0 Å². The van der Waals surface area contributed by atoms with Gasteiger partial charge in [-0.3, -0.25) is 0 Å². The Morgan fingerprint density at radius 2 is 1.04 bits per heavy atom. The highest BCUT2D eigenvalue weighted by atomic mass is 32.2. The Kier molecular flexibility index (Phi) is 7.72. The van der Waals surface area contributed by atoms with Gasteiger partial charge in [-0.1, -0.05) is 13.2 Å². The average Bonchev–Trinajstić information content (AvgIpc) is 2.64. The van der Waals surface area contributed by atoms with Crippen LogP contribution in [0.25, 0.3) is 0 Å². The van der Waals surface area contributed by atoms with Crippen molar-refractivity contribution in [3.05, 3.63) is 72.8 Å². The Bertz CT molecular complexity index is 770. The second-order valence-electron chi connectivity index (χ2n) is 5.52. The van der Waals surface area contributed by atoms with E-state index in [0.29, 0.717) is 22.6 Å². The number of ether oxygens (including phenoxy) is 2. The fourth-order valence-corrected chi connectivity index (χ4v) is 2.87. The van der Waals surface area contributed by atoms with Crippen LogP contribution < -0.4 is 9.47 Å². The van der Waals surface area contributed by atoms with Crippen LogP contribution in [0.15, 0.2) is 82.6 Å². The molecule has 140 valence electrons. The summed E-state index contributed by atoms with van der Waals surface area (Å²) in [5.74, 6) is -0.0287. The van der Waals surface area contributed by atoms with E-state index in [1.54, 1.807) is 62.4 Å². The minimum Gasteiger partial charge on any atom is -0.423 e. The third-order valence-corrected chi connectivity index (χ3v) is 4.50. The van der Waals surface area contributed by atoms with Gasteiger partial charge in [0.2, 0.25) is 0 Å². The largest absolute Gasteiger partial charge is 0.423 e. The molecule has 0 N–H and O–H groups in total. The summed E-state index contributed by atoms with van der Waals surface area (Å²) in [5.41, 5.74) is 0.683. The quantitative estimate of drug-likeness (QED) is 0.254. The van der Waals surface area contributed by atoms with E-state index in [0.717, 1.165) is 9.79 Å². The lowest BCUT2D eigenvalue weighted by Gasteiger charge is -2.06. The number of rotatable bonds is 8. The van der Waals surface area contributed by atoms with Crippen molar-refractivity contribution in [2.45, 2.75) is 23.6 Å². The van der Waals surface area contributed by atoms with Crippen LogP contribution in [0.4, 0.5) is 0 Å². The summed E-state index contributed by atoms with van der Waals surface area (Å²) in [6.07, 6.45) is 0. The Hall–Kier alpha value is -2.48. The first-order chi connectivity index (χ1) is 12.8. The lowest BCUT2D eigenvalue weighted by Crippen LogP contribution is -2.07. The van der Waals surface area contributed by atoms with Gasteiger partial charge in [0, 0.05) is 45.0 Å². The van der Waals surface area contributed by atoms with Crippen molar-refractivity contribution in [1.29, 1.82) is 0 Å². The molecule has 0 saturated carbocycles. The Morgan fingerprint density at radius 1 is 0.704 bits per heavy atom. The average molecular weight is 402 g/mol. The normalized spacial score (nSPS) is 10.1. The Balaban J connectivity index is 1.80. The van der Waals surface area contributed by atoms with Gasteiger partial charge in [0.1, 0.15) is 11.5 Å². The molecule has 0 heterocycles. The molecule has 2 rings (SSSR count). The zero-order chi connectivity index (χ0) is 19.8. The summed E-state index contributed by atoms with van der Waals surface area (Å²) in [6, 6.07) is 13.9. The van der Waals surface area contributed by atoms with Gasteiger partial charge in [-0.15, -0.1) is 0 Å². The molecule has 0 aliphatic heterocycles. The molecule has 0 fully saturated rings. The summed E-state index contributed by atoms with van der Waals surface area (Å²) < 4.78 is 15.8. The molecule has 0 bridgehead atoms. The zero-order valence-corrected chi connectivity index (χ0v) is 16.5. The molecule has 27 heavy (non-hydrogen) atoms. The second-order valence-corrected chi connectivity index (χ2v) is 7.34. The van der Waals surface area contributed by atoms with Crippen molar-refractivity contribution in [2.24, 2.45) is 0 Å². The molecular weight excluding hydrogens is 384 g/mol. The van der Waals surface area contributed by atoms with Crippen molar-refractivity contribution < 1.29 is 22.7 Å². The lowest BCUT2D eigenvalue weighted by molar-refractivity contribution is -0.130. The summed E-state index contributed by atoms with van der Waals surface area (Å²) in [6.45, 7) is 10.3. The van der Waals surface area contributed by atoms with Crippen molar-refractivity contribution in [1.82, 2.24) is 0 Å². The van der Waals surface area contributed by atoms with E-state index < -0.39 is 11.9 Å². The molecule has 0 aliphatic rings. The number of carbonyl (C=O) groups excluding carboxylic acids is 2. The van der Waals surface area contributed by atoms with Gasteiger partial charge >= 0.3 is 11.9 Å². The molecule has 0 radical (unpaired) electrons. The van der Waals surface area contributed by atoms with E-state index in [2.05, 4.69) is 13.2 Å². The molecular formula is C20H18O5S2. The maximum absolute atomic E-state index is 11.5. The third kappa shape index (κ3) is 6.97. The van der Waals surface area contributed by atoms with Gasteiger partial charge in [-0.2, -0.15) is 0 Å². The van der Waals surface area contributed by atoms with Crippen LogP contribution in [-0.2, 0) is 13.2 Å². The molecule has 0 aromatic heterocycles. The molecule has 2 aromatic carbocycles. The van der Waals surface area contributed by atoms with Gasteiger partial charge in [0.15, 0.2) is 0 Å². The molecule has 7 heteroatoms. The van der Waals surface area contributed by atoms with Crippen molar-refractivity contribution in [3.63, 3.8) is 0 Å². The lowest BCUT2D eigenvalue weighted by atomic mass is 10.3. The first-order valence-corrected chi connectivity index (χ1v) is 9.30. The molecule has 0 unspecified atom stereocenters. The van der Waals surface area contributed by atoms with Gasteiger partial charge < -0.3 is 9.47 Å². The molecule has 0 amide bonds. The number of benzene rings is 2. The van der Waals surface area contributed by atoms with E-state index >= 15 is 0 Å². The number of esters is 2. The van der Waals surface area contributed by atoms with Crippen molar-refractivity contribution >= 4 is 36.0 Å². The van der Waals surface area contributed by atoms with E-state index in [-0.39, 0.29) is 0 Å². The van der Waals surface area contributed by atoms with Crippen LogP contribution in [0, 0.1) is 0 Å². The number of carbonyl (C=O) groups is 2. The van der Waals surface area contributed by atoms with E-state index in [4.69, 9.17) is 13.1 Å². The first-order valence-electron chi connectivity index (χ1n) is 7.82.